The number of nitriles is 1. The highest BCUT2D eigenvalue weighted by atomic mass is 16.5. The van der Waals surface area contributed by atoms with E-state index in [2.05, 4.69) is 33.1 Å². The first-order valence-electron chi connectivity index (χ1n) is 7.94. The lowest BCUT2D eigenvalue weighted by Crippen LogP contribution is -2.38. The molecule has 2 aromatic rings. The van der Waals surface area contributed by atoms with Crippen molar-refractivity contribution < 1.29 is 4.74 Å². The van der Waals surface area contributed by atoms with Gasteiger partial charge in [0.05, 0.1) is 30.9 Å². The van der Waals surface area contributed by atoms with Crippen LogP contribution in [0.3, 0.4) is 0 Å². The van der Waals surface area contributed by atoms with Crippen LogP contribution in [0.15, 0.2) is 42.6 Å². The minimum atomic E-state index is 0.286. The summed E-state index contributed by atoms with van der Waals surface area (Å²) in [5.41, 5.74) is 1.99. The normalized spacial score (nSPS) is 15.3. The zero-order valence-electron chi connectivity index (χ0n) is 13.1. The van der Waals surface area contributed by atoms with Gasteiger partial charge in [0.1, 0.15) is 0 Å². The molecule has 0 aliphatic carbocycles. The maximum atomic E-state index is 8.77. The number of anilines is 1. The SMILES string of the molecule is N#CCc1ccnc(N2CCC(OCc3ccccc3)CC2)n1. The van der Waals surface area contributed by atoms with Gasteiger partial charge in [-0.3, -0.25) is 0 Å². The molecule has 1 saturated heterocycles. The Morgan fingerprint density at radius 1 is 1.17 bits per heavy atom. The quantitative estimate of drug-likeness (QED) is 0.850. The van der Waals surface area contributed by atoms with Gasteiger partial charge in [0.2, 0.25) is 5.95 Å². The summed E-state index contributed by atoms with van der Waals surface area (Å²) in [4.78, 5) is 11.0. The molecule has 0 N–H and O–H groups in total. The lowest BCUT2D eigenvalue weighted by atomic mass is 10.1. The highest BCUT2D eigenvalue weighted by Crippen LogP contribution is 2.19. The first kappa shape index (κ1) is 15.4. The molecule has 0 spiro atoms. The van der Waals surface area contributed by atoms with Gasteiger partial charge in [0, 0.05) is 19.3 Å². The van der Waals surface area contributed by atoms with Gasteiger partial charge in [-0.25, -0.2) is 9.97 Å². The van der Waals surface area contributed by atoms with Crippen molar-refractivity contribution in [1.82, 2.24) is 9.97 Å². The minimum Gasteiger partial charge on any atom is -0.373 e. The van der Waals surface area contributed by atoms with Crippen LogP contribution in [0.25, 0.3) is 0 Å². The molecule has 1 aromatic heterocycles. The van der Waals surface area contributed by atoms with Crippen molar-refractivity contribution in [3.63, 3.8) is 0 Å². The average Bonchev–Trinajstić information content (AvgIpc) is 2.62. The van der Waals surface area contributed by atoms with Crippen LogP contribution in [0.4, 0.5) is 5.95 Å². The molecule has 23 heavy (non-hydrogen) atoms. The zero-order valence-corrected chi connectivity index (χ0v) is 13.1. The maximum absolute atomic E-state index is 8.77. The molecule has 1 aromatic carbocycles. The van der Waals surface area contributed by atoms with Gasteiger partial charge in [-0.1, -0.05) is 30.3 Å². The van der Waals surface area contributed by atoms with Crippen molar-refractivity contribution in [3.05, 3.63) is 53.9 Å². The summed E-state index contributed by atoms with van der Waals surface area (Å²) < 4.78 is 6.00. The van der Waals surface area contributed by atoms with E-state index in [0.29, 0.717) is 13.0 Å². The number of benzene rings is 1. The fourth-order valence-electron chi connectivity index (χ4n) is 2.73. The Kier molecular flexibility index (Phi) is 5.17. The molecule has 0 saturated carbocycles. The zero-order chi connectivity index (χ0) is 15.9. The van der Waals surface area contributed by atoms with E-state index in [-0.39, 0.29) is 6.10 Å². The standard InChI is InChI=1S/C18H20N4O/c19-10-6-16-7-11-20-18(21-16)22-12-8-17(9-13-22)23-14-15-4-2-1-3-5-15/h1-5,7,11,17H,6,8-9,12-14H2. The number of rotatable bonds is 5. The van der Waals surface area contributed by atoms with Crippen molar-refractivity contribution in [2.45, 2.75) is 32.0 Å². The van der Waals surface area contributed by atoms with Gasteiger partial charge >= 0.3 is 0 Å². The van der Waals surface area contributed by atoms with E-state index in [4.69, 9.17) is 10.00 Å². The number of aromatic nitrogens is 2. The molecule has 5 heteroatoms. The fourth-order valence-corrected chi connectivity index (χ4v) is 2.73. The van der Waals surface area contributed by atoms with E-state index in [1.807, 2.05) is 18.2 Å². The van der Waals surface area contributed by atoms with E-state index in [1.54, 1.807) is 12.3 Å². The Morgan fingerprint density at radius 3 is 2.70 bits per heavy atom. The topological polar surface area (TPSA) is 62.0 Å². The molecule has 1 aliphatic rings. The second kappa shape index (κ2) is 7.70. The number of ether oxygens (including phenoxy) is 1. The molecule has 5 nitrogen and oxygen atoms in total. The summed E-state index contributed by atoms with van der Waals surface area (Å²) in [5.74, 6) is 0.722. The van der Waals surface area contributed by atoms with E-state index in [9.17, 15) is 0 Å². The van der Waals surface area contributed by atoms with Crippen LogP contribution in [-0.4, -0.2) is 29.2 Å². The number of hydrogen-bond acceptors (Lipinski definition) is 5. The number of piperidine rings is 1. The molecule has 1 fully saturated rings. The summed E-state index contributed by atoms with van der Waals surface area (Å²) in [6, 6.07) is 14.2. The third-order valence-electron chi connectivity index (χ3n) is 4.01. The van der Waals surface area contributed by atoms with Gasteiger partial charge in [0.25, 0.3) is 0 Å². The predicted octanol–water partition coefficient (Wildman–Crippen LogP) is 2.73. The Balaban J connectivity index is 1.50. The molecule has 2 heterocycles. The van der Waals surface area contributed by atoms with Crippen LogP contribution >= 0.6 is 0 Å². The molecule has 0 bridgehead atoms. The van der Waals surface area contributed by atoms with Gasteiger partial charge in [-0.05, 0) is 24.5 Å². The molecule has 0 amide bonds. The molecule has 0 atom stereocenters. The van der Waals surface area contributed by atoms with Crippen LogP contribution in [0.5, 0.6) is 0 Å². The minimum absolute atomic E-state index is 0.286. The summed E-state index contributed by atoms with van der Waals surface area (Å²) in [5, 5.41) is 8.77. The molecule has 0 unspecified atom stereocenters. The third kappa shape index (κ3) is 4.27. The molecular weight excluding hydrogens is 288 g/mol. The molecule has 3 rings (SSSR count). The van der Waals surface area contributed by atoms with Gasteiger partial charge in [-0.15, -0.1) is 0 Å². The molecular formula is C18H20N4O. The van der Waals surface area contributed by atoms with E-state index < -0.39 is 0 Å². The molecule has 1 aliphatic heterocycles. The highest BCUT2D eigenvalue weighted by molar-refractivity contribution is 5.31. The second-order valence-electron chi connectivity index (χ2n) is 5.67. The summed E-state index contributed by atoms with van der Waals surface area (Å²) in [6.07, 6.45) is 4.28. The third-order valence-corrected chi connectivity index (χ3v) is 4.01. The van der Waals surface area contributed by atoms with Crippen LogP contribution in [0.1, 0.15) is 24.1 Å². The Labute approximate surface area is 136 Å². The van der Waals surface area contributed by atoms with Crippen LogP contribution in [-0.2, 0) is 17.8 Å². The Morgan fingerprint density at radius 2 is 1.96 bits per heavy atom. The van der Waals surface area contributed by atoms with Gasteiger partial charge < -0.3 is 9.64 Å². The van der Waals surface area contributed by atoms with Crippen molar-refractivity contribution in [1.29, 1.82) is 5.26 Å². The van der Waals surface area contributed by atoms with Crippen LogP contribution < -0.4 is 4.90 Å². The van der Waals surface area contributed by atoms with E-state index in [0.717, 1.165) is 37.6 Å². The largest absolute Gasteiger partial charge is 0.373 e. The summed E-state index contributed by atoms with van der Waals surface area (Å²) >= 11 is 0. The van der Waals surface area contributed by atoms with Crippen molar-refractivity contribution in [2.24, 2.45) is 0 Å². The Hall–Kier alpha value is -2.45. The van der Waals surface area contributed by atoms with Crippen molar-refractivity contribution in [2.75, 3.05) is 18.0 Å². The van der Waals surface area contributed by atoms with Gasteiger partial charge in [0.15, 0.2) is 0 Å². The lowest BCUT2D eigenvalue weighted by Gasteiger charge is -2.32. The van der Waals surface area contributed by atoms with Crippen molar-refractivity contribution in [3.8, 4) is 6.07 Å². The fraction of sp³-hybridized carbons (Fsp3) is 0.389. The monoisotopic (exact) mass is 308 g/mol. The van der Waals surface area contributed by atoms with E-state index in [1.165, 1.54) is 5.56 Å². The smallest absolute Gasteiger partial charge is 0.225 e. The van der Waals surface area contributed by atoms with Crippen LogP contribution in [0, 0.1) is 11.3 Å². The van der Waals surface area contributed by atoms with Crippen molar-refractivity contribution >= 4 is 5.95 Å². The first-order valence-corrected chi connectivity index (χ1v) is 7.94. The average molecular weight is 308 g/mol. The number of hydrogen-bond donors (Lipinski definition) is 0. The van der Waals surface area contributed by atoms with E-state index >= 15 is 0 Å². The predicted molar refractivity (Wildman–Crippen MR) is 87.8 cm³/mol. The Bertz CT molecular complexity index is 660. The number of nitrogens with zero attached hydrogens (tertiary/aromatic N) is 4. The first-order chi connectivity index (χ1) is 11.3. The molecule has 118 valence electrons. The summed E-state index contributed by atoms with van der Waals surface area (Å²) in [6.45, 7) is 2.44. The lowest BCUT2D eigenvalue weighted by molar-refractivity contribution is 0.0249. The highest BCUT2D eigenvalue weighted by Gasteiger charge is 2.21. The second-order valence-corrected chi connectivity index (χ2v) is 5.67. The summed E-state index contributed by atoms with van der Waals surface area (Å²) in [7, 11) is 0. The van der Waals surface area contributed by atoms with Crippen LogP contribution in [0.2, 0.25) is 0 Å². The van der Waals surface area contributed by atoms with Gasteiger partial charge in [-0.2, -0.15) is 5.26 Å². The molecule has 0 radical (unpaired) electrons. The maximum Gasteiger partial charge on any atom is 0.225 e.